The van der Waals surface area contributed by atoms with Crippen molar-refractivity contribution in [1.82, 2.24) is 20.0 Å². The van der Waals surface area contributed by atoms with Crippen LogP contribution in [0.5, 0.6) is 0 Å². The molecular formula is C14H21N5O2. The van der Waals surface area contributed by atoms with Crippen molar-refractivity contribution in [2.75, 3.05) is 11.9 Å². The van der Waals surface area contributed by atoms with Gasteiger partial charge < -0.3 is 14.5 Å². The SMILES string of the molecule is CCn1nc(C)c(CNc2nnc([C@@H]3CCCO3)o2)c1C. The van der Waals surface area contributed by atoms with Crippen molar-refractivity contribution in [1.29, 1.82) is 0 Å². The number of nitrogens with one attached hydrogen (secondary N) is 1. The van der Waals surface area contributed by atoms with E-state index in [0.717, 1.165) is 31.7 Å². The molecule has 0 unspecified atom stereocenters. The highest BCUT2D eigenvalue weighted by Crippen LogP contribution is 2.28. The molecule has 7 heteroatoms. The highest BCUT2D eigenvalue weighted by Gasteiger charge is 2.23. The number of aromatic nitrogens is 4. The number of anilines is 1. The summed E-state index contributed by atoms with van der Waals surface area (Å²) in [4.78, 5) is 0. The summed E-state index contributed by atoms with van der Waals surface area (Å²) in [5.74, 6) is 0.563. The van der Waals surface area contributed by atoms with E-state index in [0.29, 0.717) is 18.5 Å². The van der Waals surface area contributed by atoms with E-state index in [1.165, 1.54) is 11.3 Å². The zero-order chi connectivity index (χ0) is 14.8. The Morgan fingerprint density at radius 1 is 1.33 bits per heavy atom. The van der Waals surface area contributed by atoms with Crippen LogP contribution in [0, 0.1) is 13.8 Å². The third-order valence-electron chi connectivity index (χ3n) is 3.89. The van der Waals surface area contributed by atoms with Crippen LogP contribution in [-0.2, 0) is 17.8 Å². The molecule has 0 amide bonds. The fraction of sp³-hybridized carbons (Fsp3) is 0.643. The van der Waals surface area contributed by atoms with Gasteiger partial charge in [-0.1, -0.05) is 5.10 Å². The Hall–Kier alpha value is -1.89. The zero-order valence-corrected chi connectivity index (χ0v) is 12.7. The van der Waals surface area contributed by atoms with Crippen molar-refractivity contribution in [2.45, 2.75) is 52.8 Å². The van der Waals surface area contributed by atoms with Crippen LogP contribution in [-0.4, -0.2) is 26.6 Å². The lowest BCUT2D eigenvalue weighted by atomic mass is 10.2. The average Bonchev–Trinajstić information content (AvgIpc) is 3.18. The van der Waals surface area contributed by atoms with Gasteiger partial charge in [0.25, 0.3) is 0 Å². The molecule has 114 valence electrons. The minimum Gasteiger partial charge on any atom is -0.405 e. The predicted molar refractivity (Wildman–Crippen MR) is 76.9 cm³/mol. The van der Waals surface area contributed by atoms with Crippen molar-refractivity contribution in [3.8, 4) is 0 Å². The van der Waals surface area contributed by atoms with Gasteiger partial charge in [0.1, 0.15) is 6.10 Å². The number of aryl methyl sites for hydroxylation is 2. The van der Waals surface area contributed by atoms with E-state index in [4.69, 9.17) is 9.15 Å². The Kier molecular flexibility index (Phi) is 3.92. The van der Waals surface area contributed by atoms with Crippen molar-refractivity contribution in [3.63, 3.8) is 0 Å². The second-order valence-electron chi connectivity index (χ2n) is 5.27. The molecule has 1 aliphatic rings. The lowest BCUT2D eigenvalue weighted by Crippen LogP contribution is -2.03. The molecule has 1 N–H and O–H groups in total. The van der Waals surface area contributed by atoms with E-state index in [1.807, 2.05) is 11.6 Å². The third-order valence-corrected chi connectivity index (χ3v) is 3.89. The van der Waals surface area contributed by atoms with Crippen molar-refractivity contribution in [2.24, 2.45) is 0 Å². The Labute approximate surface area is 123 Å². The topological polar surface area (TPSA) is 78.0 Å². The Balaban J connectivity index is 1.66. The van der Waals surface area contributed by atoms with Gasteiger partial charge in [0.2, 0.25) is 5.89 Å². The smallest absolute Gasteiger partial charge is 0.315 e. The molecule has 1 atom stereocenters. The monoisotopic (exact) mass is 291 g/mol. The summed E-state index contributed by atoms with van der Waals surface area (Å²) in [6.07, 6.45) is 1.95. The number of rotatable bonds is 5. The van der Waals surface area contributed by atoms with Gasteiger partial charge in [-0.3, -0.25) is 4.68 Å². The molecule has 0 aliphatic carbocycles. The fourth-order valence-corrected chi connectivity index (χ4v) is 2.67. The summed E-state index contributed by atoms with van der Waals surface area (Å²) in [5, 5.41) is 15.8. The van der Waals surface area contributed by atoms with Gasteiger partial charge in [0.15, 0.2) is 0 Å². The lowest BCUT2D eigenvalue weighted by Gasteiger charge is -2.04. The molecular weight excluding hydrogens is 270 g/mol. The van der Waals surface area contributed by atoms with E-state index in [9.17, 15) is 0 Å². The molecule has 0 radical (unpaired) electrons. The van der Waals surface area contributed by atoms with Crippen LogP contribution >= 0.6 is 0 Å². The molecule has 3 heterocycles. The maximum absolute atomic E-state index is 5.62. The third kappa shape index (κ3) is 2.78. The molecule has 3 rings (SSSR count). The molecule has 0 bridgehead atoms. The van der Waals surface area contributed by atoms with E-state index in [2.05, 4.69) is 34.5 Å². The summed E-state index contributed by atoms with van der Waals surface area (Å²) in [6.45, 7) is 8.45. The molecule has 0 saturated carbocycles. The molecule has 0 aromatic carbocycles. The lowest BCUT2D eigenvalue weighted by molar-refractivity contribution is 0.0897. The fourth-order valence-electron chi connectivity index (χ4n) is 2.67. The number of hydrogen-bond donors (Lipinski definition) is 1. The molecule has 0 spiro atoms. The first-order valence-corrected chi connectivity index (χ1v) is 7.40. The number of hydrogen-bond acceptors (Lipinski definition) is 6. The van der Waals surface area contributed by atoms with Crippen LogP contribution in [0.15, 0.2) is 4.42 Å². The van der Waals surface area contributed by atoms with Crippen LogP contribution in [0.3, 0.4) is 0 Å². The van der Waals surface area contributed by atoms with Gasteiger partial charge in [-0.2, -0.15) is 5.10 Å². The quantitative estimate of drug-likeness (QED) is 0.911. The molecule has 2 aromatic rings. The van der Waals surface area contributed by atoms with Gasteiger partial charge in [-0.15, -0.1) is 5.10 Å². The minimum atomic E-state index is -0.0423. The van der Waals surface area contributed by atoms with E-state index < -0.39 is 0 Å². The average molecular weight is 291 g/mol. The largest absolute Gasteiger partial charge is 0.405 e. The summed E-state index contributed by atoms with van der Waals surface area (Å²) in [5.41, 5.74) is 3.37. The Morgan fingerprint density at radius 2 is 2.19 bits per heavy atom. The molecule has 7 nitrogen and oxygen atoms in total. The normalized spacial score (nSPS) is 18.3. The molecule has 2 aromatic heterocycles. The summed E-state index contributed by atoms with van der Waals surface area (Å²) in [6, 6.07) is 0.434. The maximum Gasteiger partial charge on any atom is 0.315 e. The maximum atomic E-state index is 5.62. The molecule has 1 saturated heterocycles. The van der Waals surface area contributed by atoms with Crippen molar-refractivity contribution < 1.29 is 9.15 Å². The van der Waals surface area contributed by atoms with Gasteiger partial charge in [-0.25, -0.2) is 0 Å². The molecule has 1 aliphatic heterocycles. The highest BCUT2D eigenvalue weighted by atomic mass is 16.5. The van der Waals surface area contributed by atoms with Gasteiger partial charge >= 0.3 is 6.01 Å². The standard InChI is InChI=1S/C14H21N5O2/c1-4-19-10(3)11(9(2)18-19)8-15-14-17-16-13(21-14)12-6-5-7-20-12/h12H,4-8H2,1-3H3,(H,15,17)/t12-/m0/s1. The van der Waals surface area contributed by atoms with Crippen molar-refractivity contribution in [3.05, 3.63) is 22.8 Å². The first-order valence-electron chi connectivity index (χ1n) is 7.40. The van der Waals surface area contributed by atoms with Crippen LogP contribution in [0.2, 0.25) is 0 Å². The van der Waals surface area contributed by atoms with E-state index >= 15 is 0 Å². The molecule has 21 heavy (non-hydrogen) atoms. The van der Waals surface area contributed by atoms with Crippen LogP contribution in [0.1, 0.15) is 48.7 Å². The second-order valence-corrected chi connectivity index (χ2v) is 5.27. The molecule has 1 fully saturated rings. The van der Waals surface area contributed by atoms with E-state index in [1.54, 1.807) is 0 Å². The first kappa shape index (κ1) is 14.1. The van der Waals surface area contributed by atoms with Gasteiger partial charge in [0.05, 0.1) is 5.69 Å². The van der Waals surface area contributed by atoms with Gasteiger partial charge in [0, 0.05) is 31.0 Å². The summed E-state index contributed by atoms with van der Waals surface area (Å²) in [7, 11) is 0. The summed E-state index contributed by atoms with van der Waals surface area (Å²) < 4.78 is 13.1. The van der Waals surface area contributed by atoms with Crippen LogP contribution < -0.4 is 5.32 Å². The minimum absolute atomic E-state index is 0.0423. The van der Waals surface area contributed by atoms with Crippen molar-refractivity contribution >= 4 is 6.01 Å². The summed E-state index contributed by atoms with van der Waals surface area (Å²) >= 11 is 0. The Bertz CT molecular complexity index is 613. The predicted octanol–water partition coefficient (Wildman–Crippen LogP) is 2.37. The van der Waals surface area contributed by atoms with Crippen LogP contribution in [0.25, 0.3) is 0 Å². The number of ether oxygens (including phenoxy) is 1. The second kappa shape index (κ2) is 5.85. The first-order chi connectivity index (χ1) is 10.2. The Morgan fingerprint density at radius 3 is 2.86 bits per heavy atom. The number of nitrogens with zero attached hydrogens (tertiary/aromatic N) is 4. The highest BCUT2D eigenvalue weighted by molar-refractivity contribution is 5.29. The van der Waals surface area contributed by atoms with E-state index in [-0.39, 0.29) is 6.10 Å². The zero-order valence-electron chi connectivity index (χ0n) is 12.7. The van der Waals surface area contributed by atoms with Crippen LogP contribution in [0.4, 0.5) is 6.01 Å². The van der Waals surface area contributed by atoms with Gasteiger partial charge in [-0.05, 0) is 33.6 Å².